The molecule has 12 heavy (non-hydrogen) atoms. The molecular formula is C9H13ClO2. The largest absolute Gasteiger partial charge is 0.431 e. The molecule has 68 valence electrons. The van der Waals surface area contributed by atoms with E-state index in [1.165, 1.54) is 6.26 Å². The first kappa shape index (κ1) is 11.2. The van der Waals surface area contributed by atoms with E-state index in [1.54, 1.807) is 13.0 Å². The maximum absolute atomic E-state index is 10.8. The fraction of sp³-hybridized carbons (Fsp3) is 0.444. The number of esters is 1. The number of alkyl halides is 1. The highest BCUT2D eigenvalue weighted by molar-refractivity contribution is 6.17. The molecule has 0 rings (SSSR count). The number of hydrogen-bond donors (Lipinski definition) is 0. The van der Waals surface area contributed by atoms with Gasteiger partial charge >= 0.3 is 5.97 Å². The minimum Gasteiger partial charge on any atom is -0.431 e. The first-order valence-electron chi connectivity index (χ1n) is 3.76. The number of ether oxygens (including phenoxy) is 1. The Morgan fingerprint density at radius 3 is 2.83 bits per heavy atom. The molecule has 0 aromatic carbocycles. The summed E-state index contributed by atoms with van der Waals surface area (Å²) in [6, 6.07) is 0. The Kier molecular flexibility index (Phi) is 6.48. The van der Waals surface area contributed by atoms with Crippen LogP contribution in [0.25, 0.3) is 0 Å². The summed E-state index contributed by atoms with van der Waals surface area (Å²) >= 11 is 5.44. The van der Waals surface area contributed by atoms with Gasteiger partial charge < -0.3 is 4.74 Å². The molecule has 0 aliphatic heterocycles. The molecule has 0 radical (unpaired) electrons. The lowest BCUT2D eigenvalue weighted by molar-refractivity contribution is -0.133. The Bertz CT molecular complexity index is 185. The third kappa shape index (κ3) is 5.98. The lowest BCUT2D eigenvalue weighted by Crippen LogP contribution is -1.98. The zero-order valence-electron chi connectivity index (χ0n) is 7.18. The van der Waals surface area contributed by atoms with Gasteiger partial charge in [-0.05, 0) is 25.8 Å². The smallest absolute Gasteiger partial charge is 0.337 e. The van der Waals surface area contributed by atoms with Crippen molar-refractivity contribution in [1.82, 2.24) is 0 Å². The summed E-state index contributed by atoms with van der Waals surface area (Å²) in [7, 11) is 0. The van der Waals surface area contributed by atoms with E-state index in [0.717, 1.165) is 12.8 Å². The maximum Gasteiger partial charge on any atom is 0.337 e. The van der Waals surface area contributed by atoms with Gasteiger partial charge in [-0.25, -0.2) is 4.79 Å². The first-order valence-corrected chi connectivity index (χ1v) is 4.29. The number of carbonyl (C=O) groups is 1. The molecule has 0 spiro atoms. The molecule has 0 aliphatic carbocycles. The number of halogens is 1. The summed E-state index contributed by atoms with van der Waals surface area (Å²) in [5, 5.41) is 0. The first-order chi connectivity index (χ1) is 5.68. The summed E-state index contributed by atoms with van der Waals surface area (Å²) in [5.41, 5.74) is 0.400. The molecule has 0 bridgehead atoms. The zero-order chi connectivity index (χ0) is 9.40. The minimum atomic E-state index is -0.392. The molecule has 0 fully saturated rings. The molecule has 0 aromatic heterocycles. The van der Waals surface area contributed by atoms with Crippen LogP contribution >= 0.6 is 11.6 Å². The lowest BCUT2D eigenvalue weighted by atomic mass is 10.3. The van der Waals surface area contributed by atoms with Crippen molar-refractivity contribution in [3.63, 3.8) is 0 Å². The van der Waals surface area contributed by atoms with Crippen LogP contribution in [0.2, 0.25) is 0 Å². The predicted octanol–water partition coefficient (Wildman–Crippen LogP) is 2.64. The average molecular weight is 189 g/mol. The lowest BCUT2D eigenvalue weighted by Gasteiger charge is -1.95. The van der Waals surface area contributed by atoms with E-state index < -0.39 is 5.97 Å². The number of carbonyl (C=O) groups excluding carboxylic acids is 1. The van der Waals surface area contributed by atoms with Gasteiger partial charge in [-0.15, -0.1) is 11.6 Å². The summed E-state index contributed by atoms with van der Waals surface area (Å²) in [6.07, 6.45) is 4.86. The molecule has 0 N–H and O–H groups in total. The average Bonchev–Trinajstić information content (AvgIpc) is 2.03. The van der Waals surface area contributed by atoms with Crippen molar-refractivity contribution in [2.45, 2.75) is 19.8 Å². The van der Waals surface area contributed by atoms with Crippen LogP contribution in [0.15, 0.2) is 24.5 Å². The van der Waals surface area contributed by atoms with Crippen molar-refractivity contribution < 1.29 is 9.53 Å². The van der Waals surface area contributed by atoms with Crippen molar-refractivity contribution in [3.05, 3.63) is 24.5 Å². The number of unbranched alkanes of at least 4 members (excludes halogenated alkanes) is 1. The number of allylic oxidation sites excluding steroid dienone is 1. The van der Waals surface area contributed by atoms with Crippen molar-refractivity contribution in [1.29, 1.82) is 0 Å². The van der Waals surface area contributed by atoms with E-state index in [2.05, 4.69) is 11.3 Å². The minimum absolute atomic E-state index is 0.392. The number of hydrogen-bond acceptors (Lipinski definition) is 2. The van der Waals surface area contributed by atoms with Crippen molar-refractivity contribution in [3.8, 4) is 0 Å². The van der Waals surface area contributed by atoms with Crippen LogP contribution < -0.4 is 0 Å². The van der Waals surface area contributed by atoms with Gasteiger partial charge in [0.1, 0.15) is 0 Å². The molecule has 3 heteroatoms. The summed E-state index contributed by atoms with van der Waals surface area (Å²) < 4.78 is 4.69. The molecule has 0 amide bonds. The van der Waals surface area contributed by atoms with Crippen LogP contribution in [-0.4, -0.2) is 11.8 Å². The van der Waals surface area contributed by atoms with Crippen LogP contribution in [0.4, 0.5) is 0 Å². The van der Waals surface area contributed by atoms with Crippen molar-refractivity contribution in [2.24, 2.45) is 0 Å². The summed E-state index contributed by atoms with van der Waals surface area (Å²) in [4.78, 5) is 10.8. The molecule has 0 atom stereocenters. The van der Waals surface area contributed by atoms with Crippen LogP contribution in [0.1, 0.15) is 19.8 Å². The molecule has 0 unspecified atom stereocenters. The maximum atomic E-state index is 10.8. The Balaban J connectivity index is 3.47. The van der Waals surface area contributed by atoms with Crippen molar-refractivity contribution in [2.75, 3.05) is 5.88 Å². The molecule has 0 saturated carbocycles. The Morgan fingerprint density at radius 2 is 2.33 bits per heavy atom. The van der Waals surface area contributed by atoms with E-state index >= 15 is 0 Å². The monoisotopic (exact) mass is 188 g/mol. The van der Waals surface area contributed by atoms with Gasteiger partial charge in [0, 0.05) is 11.5 Å². The Morgan fingerprint density at radius 1 is 1.67 bits per heavy atom. The normalized spacial score (nSPS) is 10.2. The van der Waals surface area contributed by atoms with E-state index in [9.17, 15) is 4.79 Å². The SMILES string of the molecule is C=C(C)C(=O)OC=CCCCCl. The van der Waals surface area contributed by atoms with Gasteiger partial charge in [0.25, 0.3) is 0 Å². The highest BCUT2D eigenvalue weighted by Crippen LogP contribution is 1.96. The zero-order valence-corrected chi connectivity index (χ0v) is 7.93. The van der Waals surface area contributed by atoms with Crippen LogP contribution in [0.5, 0.6) is 0 Å². The molecule has 0 aromatic rings. The van der Waals surface area contributed by atoms with Gasteiger partial charge in [0.2, 0.25) is 0 Å². The van der Waals surface area contributed by atoms with Gasteiger partial charge in [-0.2, -0.15) is 0 Å². The second kappa shape index (κ2) is 6.92. The molecule has 0 heterocycles. The molecule has 2 nitrogen and oxygen atoms in total. The third-order valence-corrected chi connectivity index (χ3v) is 1.39. The summed E-state index contributed by atoms with van der Waals surface area (Å²) in [5.74, 6) is 0.232. The van der Waals surface area contributed by atoms with Crippen LogP contribution in [0, 0.1) is 0 Å². The van der Waals surface area contributed by atoms with E-state index in [4.69, 9.17) is 11.6 Å². The van der Waals surface area contributed by atoms with E-state index in [1.807, 2.05) is 0 Å². The topological polar surface area (TPSA) is 26.3 Å². The predicted molar refractivity (Wildman–Crippen MR) is 50.0 cm³/mol. The molecular weight excluding hydrogens is 176 g/mol. The fourth-order valence-electron chi connectivity index (χ4n) is 0.474. The van der Waals surface area contributed by atoms with Crippen LogP contribution in [-0.2, 0) is 9.53 Å². The third-order valence-electron chi connectivity index (χ3n) is 1.12. The van der Waals surface area contributed by atoms with Gasteiger partial charge in [0.15, 0.2) is 0 Å². The fourth-order valence-corrected chi connectivity index (χ4v) is 0.628. The second-order valence-electron chi connectivity index (χ2n) is 2.39. The highest BCUT2D eigenvalue weighted by Gasteiger charge is 1.98. The molecule has 0 aliphatic rings. The van der Waals surface area contributed by atoms with Gasteiger partial charge in [0.05, 0.1) is 6.26 Å². The van der Waals surface area contributed by atoms with E-state index in [-0.39, 0.29) is 0 Å². The second-order valence-corrected chi connectivity index (χ2v) is 2.77. The number of rotatable bonds is 5. The van der Waals surface area contributed by atoms with Gasteiger partial charge in [-0.3, -0.25) is 0 Å². The summed E-state index contributed by atoms with van der Waals surface area (Å²) in [6.45, 7) is 5.05. The standard InChI is InChI=1S/C9H13ClO2/c1-8(2)9(11)12-7-5-3-4-6-10/h5,7H,1,3-4,6H2,2H3. The van der Waals surface area contributed by atoms with Crippen LogP contribution in [0.3, 0.4) is 0 Å². The van der Waals surface area contributed by atoms with E-state index in [0.29, 0.717) is 11.5 Å². The Hall–Kier alpha value is -0.760. The quantitative estimate of drug-likeness (QED) is 0.218. The molecule has 0 saturated heterocycles. The van der Waals surface area contributed by atoms with Gasteiger partial charge in [-0.1, -0.05) is 6.58 Å². The van der Waals surface area contributed by atoms with Crippen molar-refractivity contribution >= 4 is 17.6 Å². The Labute approximate surface area is 77.9 Å². The highest BCUT2D eigenvalue weighted by atomic mass is 35.5.